The van der Waals surface area contributed by atoms with Gasteiger partial charge in [0.15, 0.2) is 11.8 Å². The van der Waals surface area contributed by atoms with Gasteiger partial charge in [-0.05, 0) is 6.07 Å². The maximum absolute atomic E-state index is 10.8. The number of aliphatic hydroxyl groups is 3. The predicted octanol–water partition coefficient (Wildman–Crippen LogP) is -0.651. The maximum Gasteiger partial charge on any atom is 0.232 e. The maximum atomic E-state index is 10.8. The summed E-state index contributed by atoms with van der Waals surface area (Å²) in [5.41, 5.74) is 4.21. The van der Waals surface area contributed by atoms with Gasteiger partial charge in [-0.25, -0.2) is 9.97 Å². The standard InChI is InChI=1S/C13H17N4O7P/c1-2-13(20)8(19)11(23-24-25(21)6-18)22-12(13)17-4-3-7-9(14)15-5-16-10(7)17/h2-5,8,11-12,18-21H,1,6H2,(H2,14,15,16)/t8?,11-,12-,13-,25?/m1/s1. The lowest BCUT2D eigenvalue weighted by Crippen LogP contribution is -2.45. The van der Waals surface area contributed by atoms with Crippen molar-refractivity contribution >= 4 is 25.2 Å². The molecule has 2 unspecified atom stereocenters. The second kappa shape index (κ2) is 6.90. The molecule has 136 valence electrons. The fraction of sp³-hybridized carbons (Fsp3) is 0.385. The first-order valence-electron chi connectivity index (χ1n) is 7.09. The van der Waals surface area contributed by atoms with E-state index in [1.165, 1.54) is 10.9 Å². The molecule has 2 aromatic rings. The van der Waals surface area contributed by atoms with Crippen molar-refractivity contribution in [3.05, 3.63) is 31.2 Å². The molecule has 1 aliphatic heterocycles. The lowest BCUT2D eigenvalue weighted by Gasteiger charge is -2.28. The third kappa shape index (κ3) is 3.01. The van der Waals surface area contributed by atoms with E-state index in [9.17, 15) is 15.1 Å². The molecule has 3 rings (SSSR count). The molecule has 1 saturated heterocycles. The van der Waals surface area contributed by atoms with Gasteiger partial charge >= 0.3 is 0 Å². The zero-order valence-electron chi connectivity index (χ0n) is 12.8. The number of nitrogens with two attached hydrogens (primary N) is 1. The Kier molecular flexibility index (Phi) is 5.00. The molecule has 3 heterocycles. The van der Waals surface area contributed by atoms with Crippen LogP contribution in [0.25, 0.3) is 11.0 Å². The SMILES string of the molecule is C=C[C@@]1(O)C(O)[C@@H](OOP(O)CO)O[C@H]1n1ccc2c(N)ncnc21. The molecule has 11 nitrogen and oxygen atoms in total. The Hall–Kier alpha value is -1.69. The molecule has 0 spiro atoms. The highest BCUT2D eigenvalue weighted by Gasteiger charge is 2.56. The average Bonchev–Trinajstić information content (AvgIpc) is 3.14. The smallest absolute Gasteiger partial charge is 0.232 e. The second-order valence-electron chi connectivity index (χ2n) is 5.28. The zero-order valence-corrected chi connectivity index (χ0v) is 13.7. The minimum atomic E-state index is -2.25. The fourth-order valence-electron chi connectivity index (χ4n) is 2.56. The molecule has 1 fully saturated rings. The lowest BCUT2D eigenvalue weighted by atomic mass is 9.97. The van der Waals surface area contributed by atoms with E-state index in [-0.39, 0.29) is 5.82 Å². The topological polar surface area (TPSA) is 165 Å². The van der Waals surface area contributed by atoms with Crippen LogP contribution in [0.15, 0.2) is 31.2 Å². The zero-order chi connectivity index (χ0) is 18.2. The minimum absolute atomic E-state index is 0.245. The van der Waals surface area contributed by atoms with Crippen LogP contribution in [0.1, 0.15) is 6.23 Å². The highest BCUT2D eigenvalue weighted by Crippen LogP contribution is 2.43. The first-order valence-corrected chi connectivity index (χ1v) is 8.49. The fourth-order valence-corrected chi connectivity index (χ4v) is 2.79. The summed E-state index contributed by atoms with van der Waals surface area (Å²) >= 11 is 0. The number of hydrogen-bond donors (Lipinski definition) is 5. The Morgan fingerprint density at radius 2 is 2.28 bits per heavy atom. The van der Waals surface area contributed by atoms with Gasteiger partial charge in [-0.15, -0.1) is 0 Å². The third-order valence-electron chi connectivity index (χ3n) is 3.85. The summed E-state index contributed by atoms with van der Waals surface area (Å²) < 4.78 is 11.5. The van der Waals surface area contributed by atoms with Gasteiger partial charge in [0.2, 0.25) is 14.7 Å². The van der Waals surface area contributed by atoms with E-state index in [4.69, 9.17) is 20.5 Å². The number of aliphatic hydroxyl groups excluding tert-OH is 2. The van der Waals surface area contributed by atoms with Crippen molar-refractivity contribution in [1.29, 1.82) is 0 Å². The Morgan fingerprint density at radius 3 is 2.96 bits per heavy atom. The molecule has 5 atom stereocenters. The van der Waals surface area contributed by atoms with Crippen LogP contribution in [0, 0.1) is 0 Å². The van der Waals surface area contributed by atoms with E-state index in [0.29, 0.717) is 11.0 Å². The Balaban J connectivity index is 1.93. The van der Waals surface area contributed by atoms with Crippen molar-refractivity contribution in [2.24, 2.45) is 0 Å². The van der Waals surface area contributed by atoms with Gasteiger partial charge in [0.25, 0.3) is 0 Å². The van der Waals surface area contributed by atoms with Gasteiger partial charge in [0.05, 0.1) is 5.39 Å². The number of anilines is 1. The molecular formula is C13H17N4O7P. The Bertz CT molecular complexity index is 774. The summed E-state index contributed by atoms with van der Waals surface area (Å²) in [6.07, 6.45) is -0.954. The van der Waals surface area contributed by atoms with Crippen LogP contribution in [0.4, 0.5) is 5.82 Å². The molecule has 0 amide bonds. The normalized spacial score (nSPS) is 30.6. The molecule has 2 aromatic heterocycles. The molecule has 25 heavy (non-hydrogen) atoms. The number of ether oxygens (including phenoxy) is 1. The summed E-state index contributed by atoms with van der Waals surface area (Å²) in [5.74, 6) is 0.245. The van der Waals surface area contributed by atoms with Crippen LogP contribution in [0.5, 0.6) is 0 Å². The molecule has 1 aliphatic rings. The van der Waals surface area contributed by atoms with E-state index in [0.717, 1.165) is 6.08 Å². The number of aromatic nitrogens is 3. The average molecular weight is 372 g/mol. The van der Waals surface area contributed by atoms with E-state index in [2.05, 4.69) is 21.2 Å². The molecule has 0 aromatic carbocycles. The Morgan fingerprint density at radius 1 is 1.52 bits per heavy atom. The van der Waals surface area contributed by atoms with Crippen molar-refractivity contribution < 1.29 is 34.5 Å². The van der Waals surface area contributed by atoms with E-state index >= 15 is 0 Å². The molecule has 6 N–H and O–H groups in total. The van der Waals surface area contributed by atoms with Gasteiger partial charge < -0.3 is 35.3 Å². The highest BCUT2D eigenvalue weighted by atomic mass is 31.2. The lowest BCUT2D eigenvalue weighted by molar-refractivity contribution is -0.332. The summed E-state index contributed by atoms with van der Waals surface area (Å²) in [7, 11) is -2.25. The van der Waals surface area contributed by atoms with Gasteiger partial charge in [-0.1, -0.05) is 12.7 Å². The van der Waals surface area contributed by atoms with Gasteiger partial charge in [-0.2, -0.15) is 9.56 Å². The number of hydrogen-bond acceptors (Lipinski definition) is 10. The molecule has 0 radical (unpaired) electrons. The van der Waals surface area contributed by atoms with Crippen molar-refractivity contribution in [3.8, 4) is 0 Å². The molecule has 0 aliphatic carbocycles. The molecule has 0 bridgehead atoms. The molecular weight excluding hydrogens is 355 g/mol. The number of nitrogens with zero attached hydrogens (tertiary/aromatic N) is 3. The summed E-state index contributed by atoms with van der Waals surface area (Å²) in [5, 5.41) is 30.4. The van der Waals surface area contributed by atoms with E-state index in [1.54, 1.807) is 12.3 Å². The van der Waals surface area contributed by atoms with E-state index in [1.807, 2.05) is 0 Å². The van der Waals surface area contributed by atoms with Crippen LogP contribution in [0.3, 0.4) is 0 Å². The monoisotopic (exact) mass is 372 g/mol. The second-order valence-corrected chi connectivity index (χ2v) is 6.41. The first-order chi connectivity index (χ1) is 11.9. The van der Waals surface area contributed by atoms with Gasteiger partial charge in [0.1, 0.15) is 30.2 Å². The van der Waals surface area contributed by atoms with Crippen LogP contribution in [-0.4, -0.2) is 59.1 Å². The van der Waals surface area contributed by atoms with Crippen molar-refractivity contribution in [2.45, 2.75) is 24.2 Å². The first kappa shape index (κ1) is 18.1. The van der Waals surface area contributed by atoms with Crippen LogP contribution < -0.4 is 5.73 Å². The van der Waals surface area contributed by atoms with Crippen LogP contribution in [-0.2, 0) is 14.3 Å². The van der Waals surface area contributed by atoms with Crippen molar-refractivity contribution in [1.82, 2.24) is 14.5 Å². The summed E-state index contributed by atoms with van der Waals surface area (Å²) in [6, 6.07) is 1.63. The quantitative estimate of drug-likeness (QED) is 0.190. The highest BCUT2D eigenvalue weighted by molar-refractivity contribution is 7.45. The largest absolute Gasteiger partial charge is 0.387 e. The predicted molar refractivity (Wildman–Crippen MR) is 85.4 cm³/mol. The minimum Gasteiger partial charge on any atom is -0.387 e. The summed E-state index contributed by atoms with van der Waals surface area (Å²) in [4.78, 5) is 22.0. The molecule has 12 heteroatoms. The van der Waals surface area contributed by atoms with Gasteiger partial charge in [0, 0.05) is 6.20 Å². The third-order valence-corrected chi connectivity index (χ3v) is 4.35. The number of rotatable bonds is 6. The van der Waals surface area contributed by atoms with Crippen molar-refractivity contribution in [3.63, 3.8) is 0 Å². The number of fused-ring (bicyclic) bond motifs is 1. The van der Waals surface area contributed by atoms with Crippen LogP contribution in [0.2, 0.25) is 0 Å². The van der Waals surface area contributed by atoms with E-state index < -0.39 is 38.9 Å². The molecule has 0 saturated carbocycles. The van der Waals surface area contributed by atoms with Gasteiger partial charge in [-0.3, -0.25) is 0 Å². The van der Waals surface area contributed by atoms with Crippen molar-refractivity contribution in [2.75, 3.05) is 12.1 Å². The van der Waals surface area contributed by atoms with Crippen LogP contribution >= 0.6 is 8.38 Å². The number of nitrogen functional groups attached to an aromatic ring is 1. The Labute approximate surface area is 142 Å². The summed E-state index contributed by atoms with van der Waals surface area (Å²) in [6.45, 7) is 3.53.